The number of ether oxygens (including phenoxy) is 1. The highest BCUT2D eigenvalue weighted by Gasteiger charge is 2.30. The number of carbonyl (C=O) groups is 2. The van der Waals surface area contributed by atoms with E-state index in [2.05, 4.69) is 22.4 Å². The highest BCUT2D eigenvalue weighted by atomic mass is 32.1. The SMILES string of the molecule is O=C(NC(Cc1csc(-c2ccccc2)n1)C(=O)O)OCC1c2ccccc2-c2ccccc21. The van der Waals surface area contributed by atoms with Gasteiger partial charge in [-0.25, -0.2) is 14.6 Å². The first-order chi connectivity index (χ1) is 16.6. The van der Waals surface area contributed by atoms with Crippen molar-refractivity contribution in [1.29, 1.82) is 0 Å². The Morgan fingerprint density at radius 3 is 2.21 bits per heavy atom. The average molecular weight is 471 g/mol. The first kappa shape index (κ1) is 21.9. The average Bonchev–Trinajstić information content (AvgIpc) is 3.46. The molecule has 3 aromatic carbocycles. The molecule has 7 heteroatoms. The number of aromatic nitrogens is 1. The van der Waals surface area contributed by atoms with Crippen LogP contribution in [-0.2, 0) is 16.0 Å². The first-order valence-corrected chi connectivity index (χ1v) is 11.8. The third kappa shape index (κ3) is 4.43. The molecule has 0 saturated heterocycles. The number of carbonyl (C=O) groups excluding carboxylic acids is 1. The van der Waals surface area contributed by atoms with Gasteiger partial charge in [0.1, 0.15) is 17.7 Å². The van der Waals surface area contributed by atoms with Gasteiger partial charge in [0.15, 0.2) is 0 Å². The van der Waals surface area contributed by atoms with Crippen LogP contribution < -0.4 is 5.32 Å². The summed E-state index contributed by atoms with van der Waals surface area (Å²) in [6.07, 6.45) is -0.684. The van der Waals surface area contributed by atoms with Crippen molar-refractivity contribution in [3.63, 3.8) is 0 Å². The lowest BCUT2D eigenvalue weighted by atomic mass is 9.98. The van der Waals surface area contributed by atoms with Gasteiger partial charge >= 0.3 is 12.1 Å². The predicted molar refractivity (Wildman–Crippen MR) is 131 cm³/mol. The summed E-state index contributed by atoms with van der Waals surface area (Å²) < 4.78 is 5.50. The standard InChI is InChI=1S/C27H22N2O4S/c30-26(31)24(14-18-16-34-25(28-18)17-8-2-1-3-9-17)29-27(32)33-15-23-21-12-6-4-10-19(21)20-11-5-7-13-22(20)23/h1-13,16,23-24H,14-15H2,(H,29,32)(H,30,31). The van der Waals surface area contributed by atoms with Crippen LogP contribution in [0, 0.1) is 0 Å². The Hall–Kier alpha value is -3.97. The smallest absolute Gasteiger partial charge is 0.407 e. The number of thiazole rings is 1. The fraction of sp³-hybridized carbons (Fsp3) is 0.148. The van der Waals surface area contributed by atoms with E-state index in [4.69, 9.17) is 4.74 Å². The maximum atomic E-state index is 12.5. The number of hydrogen-bond acceptors (Lipinski definition) is 5. The lowest BCUT2D eigenvalue weighted by Gasteiger charge is -2.17. The van der Waals surface area contributed by atoms with Crippen LogP contribution in [0.2, 0.25) is 0 Å². The molecule has 1 atom stereocenters. The van der Waals surface area contributed by atoms with E-state index in [1.165, 1.54) is 11.3 Å². The molecular weight excluding hydrogens is 448 g/mol. The van der Waals surface area contributed by atoms with Crippen molar-refractivity contribution in [3.05, 3.63) is 101 Å². The van der Waals surface area contributed by atoms with Gasteiger partial charge in [-0.2, -0.15) is 0 Å². The number of hydrogen-bond donors (Lipinski definition) is 2. The molecule has 0 radical (unpaired) electrons. The molecular formula is C27H22N2O4S. The molecule has 1 aliphatic rings. The maximum Gasteiger partial charge on any atom is 0.407 e. The van der Waals surface area contributed by atoms with E-state index in [1.54, 1.807) is 0 Å². The predicted octanol–water partition coefficient (Wildman–Crippen LogP) is 5.34. The van der Waals surface area contributed by atoms with Crippen molar-refractivity contribution in [1.82, 2.24) is 10.3 Å². The van der Waals surface area contributed by atoms with E-state index < -0.39 is 18.1 Å². The molecule has 0 spiro atoms. The van der Waals surface area contributed by atoms with Crippen molar-refractivity contribution < 1.29 is 19.4 Å². The second kappa shape index (κ2) is 9.49. The molecule has 6 nitrogen and oxygen atoms in total. The molecule has 0 aliphatic heterocycles. The minimum absolute atomic E-state index is 0.0723. The summed E-state index contributed by atoms with van der Waals surface area (Å²) in [5, 5.41) is 14.8. The highest BCUT2D eigenvalue weighted by molar-refractivity contribution is 7.13. The fourth-order valence-corrected chi connectivity index (χ4v) is 5.14. The quantitative estimate of drug-likeness (QED) is 0.380. The van der Waals surface area contributed by atoms with Crippen molar-refractivity contribution in [2.24, 2.45) is 0 Å². The number of nitrogens with one attached hydrogen (secondary N) is 1. The van der Waals surface area contributed by atoms with Crippen LogP contribution in [-0.4, -0.2) is 34.8 Å². The van der Waals surface area contributed by atoms with Gasteiger partial charge in [-0.05, 0) is 22.3 Å². The topological polar surface area (TPSA) is 88.5 Å². The van der Waals surface area contributed by atoms with E-state index in [1.807, 2.05) is 72.1 Å². The maximum absolute atomic E-state index is 12.5. The number of rotatable bonds is 7. The molecule has 0 bridgehead atoms. The van der Waals surface area contributed by atoms with E-state index in [-0.39, 0.29) is 18.9 Å². The Kier molecular flexibility index (Phi) is 6.10. The molecule has 1 aliphatic carbocycles. The number of benzene rings is 3. The summed E-state index contributed by atoms with van der Waals surface area (Å²) in [4.78, 5) is 28.9. The number of alkyl carbamates (subject to hydrolysis) is 1. The van der Waals surface area contributed by atoms with Crippen LogP contribution in [0.3, 0.4) is 0 Å². The van der Waals surface area contributed by atoms with Gasteiger partial charge in [0, 0.05) is 23.3 Å². The molecule has 0 saturated carbocycles. The monoisotopic (exact) mass is 470 g/mol. The van der Waals surface area contributed by atoms with E-state index >= 15 is 0 Å². The Balaban J connectivity index is 1.24. The van der Waals surface area contributed by atoms with Crippen LogP contribution in [0.25, 0.3) is 21.7 Å². The van der Waals surface area contributed by atoms with Crippen molar-refractivity contribution in [2.45, 2.75) is 18.4 Å². The zero-order valence-corrected chi connectivity index (χ0v) is 19.0. The number of nitrogens with zero attached hydrogens (tertiary/aromatic N) is 1. The van der Waals surface area contributed by atoms with Gasteiger partial charge in [0.25, 0.3) is 0 Å². The number of carboxylic acid groups (broad SMARTS) is 1. The summed E-state index contributed by atoms with van der Waals surface area (Å²) in [5.41, 5.74) is 6.04. The zero-order chi connectivity index (χ0) is 23.5. The lowest BCUT2D eigenvalue weighted by molar-refractivity contribution is -0.139. The molecule has 34 heavy (non-hydrogen) atoms. The molecule has 1 amide bonds. The van der Waals surface area contributed by atoms with Gasteiger partial charge in [-0.3, -0.25) is 0 Å². The van der Waals surface area contributed by atoms with Crippen molar-refractivity contribution in [3.8, 4) is 21.7 Å². The van der Waals surface area contributed by atoms with Crippen LogP contribution in [0.15, 0.2) is 84.2 Å². The molecule has 1 aromatic heterocycles. The summed E-state index contributed by atoms with van der Waals surface area (Å²) in [6, 6.07) is 24.7. The summed E-state index contributed by atoms with van der Waals surface area (Å²) in [6.45, 7) is 0.126. The van der Waals surface area contributed by atoms with Crippen LogP contribution >= 0.6 is 11.3 Å². The summed E-state index contributed by atoms with van der Waals surface area (Å²) in [5.74, 6) is -1.23. The summed E-state index contributed by atoms with van der Waals surface area (Å²) in [7, 11) is 0. The second-order valence-corrected chi connectivity index (χ2v) is 8.93. The molecule has 2 N–H and O–H groups in total. The third-order valence-corrected chi connectivity index (χ3v) is 6.86. The minimum Gasteiger partial charge on any atom is -0.480 e. The van der Waals surface area contributed by atoms with Crippen molar-refractivity contribution >= 4 is 23.4 Å². The van der Waals surface area contributed by atoms with Gasteiger partial charge < -0.3 is 15.2 Å². The highest BCUT2D eigenvalue weighted by Crippen LogP contribution is 2.44. The molecule has 1 heterocycles. The Morgan fingerprint density at radius 2 is 1.56 bits per heavy atom. The molecule has 5 rings (SSSR count). The Labute approximate surface area is 200 Å². The van der Waals surface area contributed by atoms with Gasteiger partial charge in [-0.1, -0.05) is 78.9 Å². The van der Waals surface area contributed by atoms with Gasteiger partial charge in [0.2, 0.25) is 0 Å². The fourth-order valence-electron chi connectivity index (χ4n) is 4.31. The second-order valence-electron chi connectivity index (χ2n) is 8.07. The van der Waals surface area contributed by atoms with Crippen LogP contribution in [0.5, 0.6) is 0 Å². The Bertz CT molecular complexity index is 1290. The number of amides is 1. The van der Waals surface area contributed by atoms with Gasteiger partial charge in [-0.15, -0.1) is 11.3 Å². The van der Waals surface area contributed by atoms with Crippen molar-refractivity contribution in [2.75, 3.05) is 6.61 Å². The summed E-state index contributed by atoms with van der Waals surface area (Å²) >= 11 is 1.44. The number of aliphatic carboxylic acids is 1. The van der Waals surface area contributed by atoms with E-state index in [9.17, 15) is 14.7 Å². The van der Waals surface area contributed by atoms with Crippen LogP contribution in [0.1, 0.15) is 22.7 Å². The van der Waals surface area contributed by atoms with Crippen LogP contribution in [0.4, 0.5) is 4.79 Å². The normalized spacial score (nSPS) is 13.1. The number of fused-ring (bicyclic) bond motifs is 3. The van der Waals surface area contributed by atoms with Gasteiger partial charge in [0.05, 0.1) is 5.69 Å². The zero-order valence-electron chi connectivity index (χ0n) is 18.2. The lowest BCUT2D eigenvalue weighted by Crippen LogP contribution is -2.43. The minimum atomic E-state index is -1.14. The van der Waals surface area contributed by atoms with E-state index in [0.717, 1.165) is 32.8 Å². The first-order valence-electron chi connectivity index (χ1n) is 10.9. The largest absolute Gasteiger partial charge is 0.480 e. The molecule has 0 fully saturated rings. The Morgan fingerprint density at radius 1 is 0.941 bits per heavy atom. The third-order valence-electron chi connectivity index (χ3n) is 5.92. The van der Waals surface area contributed by atoms with E-state index in [0.29, 0.717) is 5.69 Å². The molecule has 1 unspecified atom stereocenters. The molecule has 4 aromatic rings. The number of carboxylic acids is 1. The molecule has 170 valence electrons.